The Labute approximate surface area is 125 Å². The quantitative estimate of drug-likeness (QED) is 0.827. The van der Waals surface area contributed by atoms with E-state index in [9.17, 15) is 4.79 Å². The van der Waals surface area contributed by atoms with E-state index in [0.29, 0.717) is 16.9 Å². The van der Waals surface area contributed by atoms with Crippen LogP contribution in [0.5, 0.6) is 0 Å². The first kappa shape index (κ1) is 14.9. The molecule has 1 amide bonds. The Morgan fingerprint density at radius 2 is 2.25 bits per heavy atom. The fourth-order valence-electron chi connectivity index (χ4n) is 1.53. The summed E-state index contributed by atoms with van der Waals surface area (Å²) in [5, 5.41) is 11.0. The van der Waals surface area contributed by atoms with E-state index in [1.54, 1.807) is 11.8 Å². The number of rotatable bonds is 6. The molecule has 7 heteroatoms. The maximum absolute atomic E-state index is 11.8. The molecular weight excluding hydrogens is 294 g/mol. The predicted molar refractivity (Wildman–Crippen MR) is 82.0 cm³/mol. The number of nitrogens with one attached hydrogen (secondary N) is 1. The molecule has 0 atom stereocenters. The van der Waals surface area contributed by atoms with Gasteiger partial charge in [0.1, 0.15) is 0 Å². The number of hydrogen-bond donors (Lipinski definition) is 1. The predicted octanol–water partition coefficient (Wildman–Crippen LogP) is 2.97. The minimum Gasteiger partial charge on any atom is -0.415 e. The molecule has 1 N–H and O–H groups in total. The van der Waals surface area contributed by atoms with Crippen molar-refractivity contribution >= 4 is 35.1 Å². The smallest absolute Gasteiger partial charge is 0.277 e. The van der Waals surface area contributed by atoms with Gasteiger partial charge in [-0.05, 0) is 30.9 Å². The third-order valence-corrected chi connectivity index (χ3v) is 3.70. The molecule has 0 spiro atoms. The Balaban J connectivity index is 1.82. The van der Waals surface area contributed by atoms with Gasteiger partial charge in [-0.25, -0.2) is 0 Å². The zero-order chi connectivity index (χ0) is 14.4. The summed E-state index contributed by atoms with van der Waals surface area (Å²) in [5.41, 5.74) is 1.90. The topological polar surface area (TPSA) is 68.0 Å². The van der Waals surface area contributed by atoms with Crippen LogP contribution in [-0.2, 0) is 10.5 Å². The first-order chi connectivity index (χ1) is 9.67. The molecule has 5 nitrogen and oxygen atoms in total. The van der Waals surface area contributed by atoms with Gasteiger partial charge in [-0.15, -0.1) is 10.2 Å². The summed E-state index contributed by atoms with van der Waals surface area (Å²) in [6.07, 6.45) is 1.96. The van der Waals surface area contributed by atoms with Crippen LogP contribution >= 0.6 is 23.5 Å². The molecule has 2 rings (SSSR count). The monoisotopic (exact) mass is 309 g/mol. The van der Waals surface area contributed by atoms with Crippen molar-refractivity contribution in [2.45, 2.75) is 17.9 Å². The molecule has 0 bridgehead atoms. The molecule has 106 valence electrons. The number of aryl methyl sites for hydroxylation is 1. The van der Waals surface area contributed by atoms with E-state index >= 15 is 0 Å². The lowest BCUT2D eigenvalue weighted by atomic mass is 10.2. The van der Waals surface area contributed by atoms with Crippen LogP contribution in [0.3, 0.4) is 0 Å². The molecule has 0 aliphatic rings. The first-order valence-corrected chi connectivity index (χ1v) is 8.36. The summed E-state index contributed by atoms with van der Waals surface area (Å²) in [7, 11) is 0. The van der Waals surface area contributed by atoms with Crippen molar-refractivity contribution in [3.63, 3.8) is 0 Å². The van der Waals surface area contributed by atoms with E-state index < -0.39 is 0 Å². The number of anilines is 1. The normalized spacial score (nSPS) is 10.5. The van der Waals surface area contributed by atoms with Gasteiger partial charge in [0.15, 0.2) is 0 Å². The SMILES string of the molecule is CSCc1nnc(SCC(=O)Nc2cccc(C)c2)o1. The van der Waals surface area contributed by atoms with Crippen LogP contribution in [0.2, 0.25) is 0 Å². The number of benzene rings is 1. The summed E-state index contributed by atoms with van der Waals surface area (Å²) in [5.74, 6) is 1.42. The van der Waals surface area contributed by atoms with Gasteiger partial charge in [-0.3, -0.25) is 4.79 Å². The highest BCUT2D eigenvalue weighted by atomic mass is 32.2. The zero-order valence-electron chi connectivity index (χ0n) is 11.3. The molecule has 1 aromatic carbocycles. The van der Waals surface area contributed by atoms with Crippen LogP contribution in [0.25, 0.3) is 0 Å². The number of carbonyl (C=O) groups is 1. The van der Waals surface area contributed by atoms with Crippen molar-refractivity contribution in [3.8, 4) is 0 Å². The third kappa shape index (κ3) is 4.57. The Hall–Kier alpha value is -1.47. The highest BCUT2D eigenvalue weighted by molar-refractivity contribution is 7.99. The number of hydrogen-bond acceptors (Lipinski definition) is 6. The minimum atomic E-state index is -0.0924. The Morgan fingerprint density at radius 3 is 3.00 bits per heavy atom. The molecule has 0 aliphatic heterocycles. The Kier molecular flexibility index (Phi) is 5.49. The van der Waals surface area contributed by atoms with E-state index in [0.717, 1.165) is 11.3 Å². The van der Waals surface area contributed by atoms with Crippen LogP contribution in [-0.4, -0.2) is 28.1 Å². The van der Waals surface area contributed by atoms with E-state index in [4.69, 9.17) is 4.42 Å². The molecule has 0 unspecified atom stereocenters. The van der Waals surface area contributed by atoms with Crippen molar-refractivity contribution in [1.29, 1.82) is 0 Å². The van der Waals surface area contributed by atoms with E-state index in [1.807, 2.05) is 37.4 Å². The fraction of sp³-hybridized carbons (Fsp3) is 0.308. The van der Waals surface area contributed by atoms with Crippen LogP contribution in [0.4, 0.5) is 5.69 Å². The number of amides is 1. The summed E-state index contributed by atoms with van der Waals surface area (Å²) in [6, 6.07) is 7.67. The molecule has 20 heavy (non-hydrogen) atoms. The summed E-state index contributed by atoms with van der Waals surface area (Å²) in [4.78, 5) is 11.8. The molecule has 0 saturated carbocycles. The van der Waals surface area contributed by atoms with Crippen molar-refractivity contribution < 1.29 is 9.21 Å². The van der Waals surface area contributed by atoms with E-state index in [1.165, 1.54) is 11.8 Å². The minimum absolute atomic E-state index is 0.0924. The lowest BCUT2D eigenvalue weighted by Gasteiger charge is -2.04. The van der Waals surface area contributed by atoms with Crippen LogP contribution in [0, 0.1) is 6.92 Å². The zero-order valence-corrected chi connectivity index (χ0v) is 12.9. The molecule has 0 radical (unpaired) electrons. The van der Waals surface area contributed by atoms with Gasteiger partial charge in [0, 0.05) is 5.69 Å². The lowest BCUT2D eigenvalue weighted by Crippen LogP contribution is -2.13. The van der Waals surface area contributed by atoms with Crippen LogP contribution in [0.15, 0.2) is 33.9 Å². The Morgan fingerprint density at radius 1 is 1.40 bits per heavy atom. The van der Waals surface area contributed by atoms with Gasteiger partial charge in [0.05, 0.1) is 11.5 Å². The maximum atomic E-state index is 11.8. The average molecular weight is 309 g/mol. The second-order valence-corrected chi connectivity index (χ2v) is 5.89. The molecule has 2 aromatic rings. The van der Waals surface area contributed by atoms with Crippen molar-refractivity contribution in [3.05, 3.63) is 35.7 Å². The van der Waals surface area contributed by atoms with Gasteiger partial charge in [0.25, 0.3) is 5.22 Å². The lowest BCUT2D eigenvalue weighted by molar-refractivity contribution is -0.113. The van der Waals surface area contributed by atoms with Gasteiger partial charge in [-0.2, -0.15) is 11.8 Å². The highest BCUT2D eigenvalue weighted by Gasteiger charge is 2.09. The summed E-state index contributed by atoms with van der Waals surface area (Å²) < 4.78 is 5.38. The van der Waals surface area contributed by atoms with Crippen LogP contribution < -0.4 is 5.32 Å². The molecule has 0 fully saturated rings. The number of aromatic nitrogens is 2. The van der Waals surface area contributed by atoms with Crippen molar-refractivity contribution in [2.24, 2.45) is 0 Å². The summed E-state index contributed by atoms with van der Waals surface area (Å²) >= 11 is 2.85. The van der Waals surface area contributed by atoms with Crippen molar-refractivity contribution in [2.75, 3.05) is 17.3 Å². The van der Waals surface area contributed by atoms with Gasteiger partial charge >= 0.3 is 0 Å². The second-order valence-electron chi connectivity index (χ2n) is 4.10. The van der Waals surface area contributed by atoms with Crippen molar-refractivity contribution in [1.82, 2.24) is 10.2 Å². The summed E-state index contributed by atoms with van der Waals surface area (Å²) in [6.45, 7) is 1.98. The average Bonchev–Trinajstić information content (AvgIpc) is 2.85. The first-order valence-electron chi connectivity index (χ1n) is 5.98. The maximum Gasteiger partial charge on any atom is 0.277 e. The molecule has 0 aliphatic carbocycles. The fourth-order valence-corrected chi connectivity index (χ4v) is 2.47. The molecule has 1 heterocycles. The third-order valence-electron chi connectivity index (χ3n) is 2.34. The second kappa shape index (κ2) is 7.35. The van der Waals surface area contributed by atoms with E-state index in [-0.39, 0.29) is 11.7 Å². The number of thioether (sulfide) groups is 2. The molecule has 1 aromatic heterocycles. The van der Waals surface area contributed by atoms with Gasteiger partial charge < -0.3 is 9.73 Å². The Bertz CT molecular complexity index is 587. The van der Waals surface area contributed by atoms with Gasteiger partial charge in [-0.1, -0.05) is 23.9 Å². The number of nitrogens with zero attached hydrogens (tertiary/aromatic N) is 2. The van der Waals surface area contributed by atoms with E-state index in [2.05, 4.69) is 15.5 Å². The highest BCUT2D eigenvalue weighted by Crippen LogP contribution is 2.18. The van der Waals surface area contributed by atoms with Crippen LogP contribution in [0.1, 0.15) is 11.5 Å². The molecular formula is C13H15N3O2S2. The largest absolute Gasteiger partial charge is 0.415 e. The standard InChI is InChI=1S/C13H15N3O2S2/c1-9-4-3-5-10(6-9)14-11(17)7-20-13-16-15-12(18-13)8-19-2/h3-6H,7-8H2,1-2H3,(H,14,17). The molecule has 0 saturated heterocycles. The van der Waals surface area contributed by atoms with Gasteiger partial charge in [0.2, 0.25) is 11.8 Å². The number of carbonyl (C=O) groups excluding carboxylic acids is 1.